The molecule has 0 radical (unpaired) electrons. The molecule has 0 spiro atoms. The number of hydrogen-bond donors (Lipinski definition) is 1. The maximum atomic E-state index is 11.8. The van der Waals surface area contributed by atoms with Gasteiger partial charge in [-0.15, -0.1) is 0 Å². The molecule has 0 aliphatic heterocycles. The molecule has 0 fully saturated rings. The molecule has 1 aromatic heterocycles. The van der Waals surface area contributed by atoms with Gasteiger partial charge in [0.1, 0.15) is 10.9 Å². The van der Waals surface area contributed by atoms with Crippen molar-refractivity contribution in [1.82, 2.24) is 15.1 Å². The first kappa shape index (κ1) is 16.0. The molecule has 0 aliphatic rings. The highest BCUT2D eigenvalue weighted by atomic mass is 35.7. The average molecular weight is 308 g/mol. The Kier molecular flexibility index (Phi) is 5.37. The van der Waals surface area contributed by atoms with Gasteiger partial charge in [0.25, 0.3) is 9.05 Å². The second-order valence-electron chi connectivity index (χ2n) is 4.74. The second-order valence-corrected chi connectivity index (χ2v) is 7.31. The number of aromatic nitrogens is 2. The fraction of sp³-hybridized carbons (Fsp3) is 0.636. The third-order valence-electron chi connectivity index (χ3n) is 2.66. The van der Waals surface area contributed by atoms with Crippen molar-refractivity contribution in [3.63, 3.8) is 0 Å². The molecule has 1 atom stereocenters. The Bertz CT molecular complexity index is 539. The zero-order valence-electron chi connectivity index (χ0n) is 11.1. The van der Waals surface area contributed by atoms with Gasteiger partial charge >= 0.3 is 0 Å². The minimum atomic E-state index is -3.81. The summed E-state index contributed by atoms with van der Waals surface area (Å²) < 4.78 is 23.5. The molecule has 0 bridgehead atoms. The van der Waals surface area contributed by atoms with Gasteiger partial charge in [0.2, 0.25) is 5.91 Å². The van der Waals surface area contributed by atoms with Crippen LogP contribution in [0.2, 0.25) is 0 Å². The van der Waals surface area contributed by atoms with Crippen molar-refractivity contribution >= 4 is 25.6 Å². The van der Waals surface area contributed by atoms with E-state index < -0.39 is 15.1 Å². The molecule has 1 amide bonds. The first-order chi connectivity index (χ1) is 8.71. The van der Waals surface area contributed by atoms with Crippen LogP contribution in [-0.2, 0) is 13.8 Å². The van der Waals surface area contributed by atoms with Gasteiger partial charge in [0, 0.05) is 23.4 Å². The molecular weight excluding hydrogens is 290 g/mol. The molecule has 19 heavy (non-hydrogen) atoms. The number of carbonyl (C=O) groups is 1. The predicted molar refractivity (Wildman–Crippen MR) is 72.4 cm³/mol. The molecule has 0 aliphatic carbocycles. The zero-order chi connectivity index (χ0) is 14.6. The average Bonchev–Trinajstić information content (AvgIpc) is 2.76. The summed E-state index contributed by atoms with van der Waals surface area (Å²) in [4.78, 5) is 11.7. The molecule has 8 heteroatoms. The molecule has 0 saturated heterocycles. The number of hydrogen-bond acceptors (Lipinski definition) is 4. The Balaban J connectivity index is 2.65. The van der Waals surface area contributed by atoms with E-state index in [0.717, 1.165) is 12.6 Å². The smallest absolute Gasteiger partial charge is 0.264 e. The van der Waals surface area contributed by atoms with Crippen molar-refractivity contribution < 1.29 is 13.2 Å². The summed E-state index contributed by atoms with van der Waals surface area (Å²) in [5.41, 5.74) is 0. The van der Waals surface area contributed by atoms with Gasteiger partial charge < -0.3 is 5.32 Å². The minimum absolute atomic E-state index is 0.115. The summed E-state index contributed by atoms with van der Waals surface area (Å²) in [6, 6.07) is -0.584. The van der Waals surface area contributed by atoms with E-state index in [1.54, 1.807) is 6.92 Å². The van der Waals surface area contributed by atoms with Crippen LogP contribution in [0.5, 0.6) is 0 Å². The van der Waals surface area contributed by atoms with Crippen LogP contribution >= 0.6 is 10.7 Å². The summed E-state index contributed by atoms with van der Waals surface area (Å²) in [5.74, 6) is 0.301. The van der Waals surface area contributed by atoms with Crippen molar-refractivity contribution in [1.29, 1.82) is 0 Å². The lowest BCUT2D eigenvalue weighted by Gasteiger charge is -2.13. The Hall–Kier alpha value is -1.08. The molecule has 1 unspecified atom stereocenters. The van der Waals surface area contributed by atoms with Crippen LogP contribution < -0.4 is 5.32 Å². The third-order valence-corrected chi connectivity index (χ3v) is 3.96. The Morgan fingerprint density at radius 3 is 2.58 bits per heavy atom. The Labute approximate surface area is 117 Å². The van der Waals surface area contributed by atoms with E-state index in [9.17, 15) is 13.2 Å². The van der Waals surface area contributed by atoms with E-state index in [1.165, 1.54) is 10.9 Å². The van der Waals surface area contributed by atoms with Crippen LogP contribution in [-0.4, -0.2) is 30.7 Å². The SMILES string of the molecule is CC(C)CCNC(=O)C(C)n1cc(S(=O)(=O)Cl)cn1. The summed E-state index contributed by atoms with van der Waals surface area (Å²) in [5, 5.41) is 6.62. The zero-order valence-corrected chi connectivity index (χ0v) is 12.7. The lowest BCUT2D eigenvalue weighted by molar-refractivity contribution is -0.124. The first-order valence-corrected chi connectivity index (χ1v) is 8.29. The monoisotopic (exact) mass is 307 g/mol. The van der Waals surface area contributed by atoms with E-state index in [-0.39, 0.29) is 10.8 Å². The number of amides is 1. The maximum Gasteiger partial charge on any atom is 0.264 e. The normalized spacial score (nSPS) is 13.5. The van der Waals surface area contributed by atoms with Crippen molar-refractivity contribution in [2.75, 3.05) is 6.54 Å². The molecule has 1 aromatic rings. The topological polar surface area (TPSA) is 81.1 Å². The fourth-order valence-corrected chi connectivity index (χ4v) is 2.06. The minimum Gasteiger partial charge on any atom is -0.354 e. The van der Waals surface area contributed by atoms with Gasteiger partial charge in [-0.1, -0.05) is 13.8 Å². The molecule has 1 N–H and O–H groups in total. The van der Waals surface area contributed by atoms with Crippen molar-refractivity contribution in [2.45, 2.75) is 38.1 Å². The third kappa shape index (κ3) is 4.83. The van der Waals surface area contributed by atoms with Crippen molar-refractivity contribution in [2.24, 2.45) is 5.92 Å². The van der Waals surface area contributed by atoms with Crippen LogP contribution in [0.4, 0.5) is 0 Å². The van der Waals surface area contributed by atoms with E-state index in [4.69, 9.17) is 10.7 Å². The quantitative estimate of drug-likeness (QED) is 0.808. The molecule has 0 saturated carbocycles. The largest absolute Gasteiger partial charge is 0.354 e. The molecule has 1 rings (SSSR count). The summed E-state index contributed by atoms with van der Waals surface area (Å²) in [7, 11) is 1.38. The second kappa shape index (κ2) is 6.38. The van der Waals surface area contributed by atoms with E-state index in [0.29, 0.717) is 12.5 Å². The first-order valence-electron chi connectivity index (χ1n) is 5.98. The van der Waals surface area contributed by atoms with E-state index in [1.807, 2.05) is 0 Å². The van der Waals surface area contributed by atoms with Crippen molar-refractivity contribution in [3.8, 4) is 0 Å². The predicted octanol–water partition coefficient (Wildman–Crippen LogP) is 1.53. The number of nitrogens with zero attached hydrogens (tertiary/aromatic N) is 2. The van der Waals surface area contributed by atoms with Crippen LogP contribution in [0.3, 0.4) is 0 Å². The van der Waals surface area contributed by atoms with Gasteiger partial charge in [-0.2, -0.15) is 5.10 Å². The number of halogens is 1. The highest BCUT2D eigenvalue weighted by Gasteiger charge is 2.19. The van der Waals surface area contributed by atoms with Crippen molar-refractivity contribution in [3.05, 3.63) is 12.4 Å². The van der Waals surface area contributed by atoms with E-state index >= 15 is 0 Å². The lowest BCUT2D eigenvalue weighted by atomic mass is 10.1. The van der Waals surface area contributed by atoms with Crippen LogP contribution in [0, 0.1) is 5.92 Å². The number of carbonyl (C=O) groups excluding carboxylic acids is 1. The highest BCUT2D eigenvalue weighted by molar-refractivity contribution is 8.13. The van der Waals surface area contributed by atoms with Crippen LogP contribution in [0.1, 0.15) is 33.2 Å². The maximum absolute atomic E-state index is 11.8. The van der Waals surface area contributed by atoms with Gasteiger partial charge in [-0.3, -0.25) is 9.48 Å². The molecule has 6 nitrogen and oxygen atoms in total. The number of rotatable bonds is 6. The van der Waals surface area contributed by atoms with Crippen LogP contribution in [0.15, 0.2) is 17.3 Å². The molecule has 1 heterocycles. The highest BCUT2D eigenvalue weighted by Crippen LogP contribution is 2.15. The number of nitrogens with one attached hydrogen (secondary N) is 1. The fourth-order valence-electron chi connectivity index (χ4n) is 1.41. The summed E-state index contributed by atoms with van der Waals surface area (Å²) in [6.45, 7) is 6.37. The van der Waals surface area contributed by atoms with Gasteiger partial charge in [0.05, 0.1) is 6.20 Å². The molecule has 108 valence electrons. The van der Waals surface area contributed by atoms with E-state index in [2.05, 4.69) is 24.3 Å². The van der Waals surface area contributed by atoms with Gasteiger partial charge in [0.15, 0.2) is 0 Å². The van der Waals surface area contributed by atoms with Gasteiger partial charge in [-0.25, -0.2) is 8.42 Å². The Morgan fingerprint density at radius 2 is 2.11 bits per heavy atom. The molecule has 0 aromatic carbocycles. The summed E-state index contributed by atoms with van der Waals surface area (Å²) in [6.07, 6.45) is 3.26. The van der Waals surface area contributed by atoms with Gasteiger partial charge in [-0.05, 0) is 19.3 Å². The Morgan fingerprint density at radius 1 is 1.47 bits per heavy atom. The standard InChI is InChI=1S/C11H18ClN3O3S/c1-8(2)4-5-13-11(16)9(3)15-7-10(6-14-15)19(12,17)18/h6-9H,4-5H2,1-3H3,(H,13,16). The summed E-state index contributed by atoms with van der Waals surface area (Å²) >= 11 is 0. The lowest BCUT2D eigenvalue weighted by Crippen LogP contribution is -2.32. The molecular formula is C11H18ClN3O3S. The van der Waals surface area contributed by atoms with Crippen LogP contribution in [0.25, 0.3) is 0 Å².